The number of alkyl halides is 1. The molecule has 0 radical (unpaired) electrons. The van der Waals surface area contributed by atoms with Crippen LogP contribution < -0.4 is 0 Å². The first-order chi connectivity index (χ1) is 12.8. The van der Waals surface area contributed by atoms with E-state index in [0.29, 0.717) is 6.04 Å². The summed E-state index contributed by atoms with van der Waals surface area (Å²) < 4.78 is 14.5. The van der Waals surface area contributed by atoms with Crippen molar-refractivity contribution in [2.75, 3.05) is 0 Å². The zero-order valence-corrected chi connectivity index (χ0v) is 15.6. The van der Waals surface area contributed by atoms with Crippen molar-refractivity contribution in [3.05, 3.63) is 71.8 Å². The molecule has 1 nitrogen and oxygen atoms in total. The molecule has 2 heteroatoms. The number of rotatable bonds is 4. The monoisotopic (exact) mass is 351 g/mol. The van der Waals surface area contributed by atoms with Gasteiger partial charge >= 0.3 is 0 Å². The first-order valence-corrected chi connectivity index (χ1v) is 10.2. The Bertz CT molecular complexity index is 682. The van der Waals surface area contributed by atoms with E-state index in [1.165, 1.54) is 24.0 Å². The quantitative estimate of drug-likeness (QED) is 0.659. The summed E-state index contributed by atoms with van der Waals surface area (Å²) in [5, 5.41) is 0. The molecule has 3 unspecified atom stereocenters. The first-order valence-electron chi connectivity index (χ1n) is 10.2. The summed E-state index contributed by atoms with van der Waals surface area (Å²) in [5.41, 5.74) is 2.82. The topological polar surface area (TPSA) is 3.24 Å². The minimum Gasteiger partial charge on any atom is -0.290 e. The molecule has 0 N–H and O–H groups in total. The van der Waals surface area contributed by atoms with Gasteiger partial charge in [-0.15, -0.1) is 0 Å². The highest BCUT2D eigenvalue weighted by molar-refractivity contribution is 5.19. The second kappa shape index (κ2) is 7.92. The molecule has 1 heterocycles. The molecular formula is C24H30FN. The van der Waals surface area contributed by atoms with Crippen LogP contribution in [0.1, 0.15) is 56.1 Å². The van der Waals surface area contributed by atoms with Crippen LogP contribution in [0.5, 0.6) is 0 Å². The molecule has 2 fully saturated rings. The molecular weight excluding hydrogens is 321 g/mol. The highest BCUT2D eigenvalue weighted by Gasteiger charge is 2.46. The van der Waals surface area contributed by atoms with Gasteiger partial charge in [-0.25, -0.2) is 4.39 Å². The van der Waals surface area contributed by atoms with E-state index in [0.717, 1.165) is 45.1 Å². The van der Waals surface area contributed by atoms with E-state index in [9.17, 15) is 4.39 Å². The zero-order chi connectivity index (χ0) is 17.8. The lowest BCUT2D eigenvalue weighted by Gasteiger charge is -2.54. The van der Waals surface area contributed by atoms with Crippen molar-refractivity contribution >= 4 is 0 Å². The van der Waals surface area contributed by atoms with Crippen LogP contribution in [0.25, 0.3) is 0 Å². The molecule has 1 aliphatic carbocycles. The van der Waals surface area contributed by atoms with E-state index in [-0.39, 0.29) is 5.54 Å². The minimum atomic E-state index is -0.627. The maximum absolute atomic E-state index is 14.5. The van der Waals surface area contributed by atoms with Gasteiger partial charge in [0.25, 0.3) is 0 Å². The highest BCUT2D eigenvalue weighted by atomic mass is 19.1. The van der Waals surface area contributed by atoms with Crippen molar-refractivity contribution < 1.29 is 4.39 Å². The third kappa shape index (κ3) is 3.86. The van der Waals surface area contributed by atoms with E-state index in [1.807, 2.05) is 0 Å². The van der Waals surface area contributed by atoms with Gasteiger partial charge in [-0.1, -0.05) is 67.1 Å². The van der Waals surface area contributed by atoms with Crippen LogP contribution in [0.3, 0.4) is 0 Å². The molecule has 4 rings (SSSR count). The summed E-state index contributed by atoms with van der Waals surface area (Å²) in [5.74, 6) is 0. The fourth-order valence-electron chi connectivity index (χ4n) is 5.29. The number of hydrogen-bond acceptors (Lipinski definition) is 1. The number of halogens is 1. The van der Waals surface area contributed by atoms with Crippen LogP contribution in [0.15, 0.2) is 60.7 Å². The Hall–Kier alpha value is -1.67. The van der Waals surface area contributed by atoms with Crippen molar-refractivity contribution in [2.45, 2.75) is 75.7 Å². The van der Waals surface area contributed by atoms with E-state index in [4.69, 9.17) is 0 Å². The van der Waals surface area contributed by atoms with Crippen LogP contribution in [-0.4, -0.2) is 22.7 Å². The average Bonchev–Trinajstić information content (AvgIpc) is 2.66. The Morgan fingerprint density at radius 3 is 2.12 bits per heavy atom. The van der Waals surface area contributed by atoms with E-state index in [1.54, 1.807) is 0 Å². The lowest BCUT2D eigenvalue weighted by Crippen LogP contribution is -2.58. The molecule has 1 saturated carbocycles. The number of benzene rings is 2. The molecule has 26 heavy (non-hydrogen) atoms. The number of nitrogens with zero attached hydrogens (tertiary/aromatic N) is 1. The van der Waals surface area contributed by atoms with Gasteiger partial charge < -0.3 is 0 Å². The molecule has 0 amide bonds. The van der Waals surface area contributed by atoms with Gasteiger partial charge in [-0.3, -0.25) is 4.90 Å². The summed E-state index contributed by atoms with van der Waals surface area (Å²) in [7, 11) is 0. The second-order valence-electron chi connectivity index (χ2n) is 8.27. The fraction of sp³-hybridized carbons (Fsp3) is 0.500. The van der Waals surface area contributed by atoms with Crippen LogP contribution >= 0.6 is 0 Å². The number of piperidine rings is 1. The second-order valence-corrected chi connectivity index (χ2v) is 8.27. The van der Waals surface area contributed by atoms with E-state index in [2.05, 4.69) is 65.6 Å². The zero-order valence-electron chi connectivity index (χ0n) is 15.6. The maximum atomic E-state index is 14.5. The Kier molecular flexibility index (Phi) is 5.40. The molecule has 1 saturated heterocycles. The van der Waals surface area contributed by atoms with E-state index >= 15 is 0 Å². The number of likely N-dealkylation sites (tertiary alicyclic amines) is 1. The summed E-state index contributed by atoms with van der Waals surface area (Å²) in [6.07, 6.45) is 7.73. The summed E-state index contributed by atoms with van der Waals surface area (Å²) in [4.78, 5) is 2.70. The minimum absolute atomic E-state index is 0.0607. The Morgan fingerprint density at radius 2 is 1.46 bits per heavy atom. The summed E-state index contributed by atoms with van der Waals surface area (Å²) >= 11 is 0. The normalized spacial score (nSPS) is 29.7. The van der Waals surface area contributed by atoms with Gasteiger partial charge in [0.05, 0.1) is 0 Å². The van der Waals surface area contributed by atoms with Crippen molar-refractivity contribution in [2.24, 2.45) is 0 Å². The van der Waals surface area contributed by atoms with Crippen LogP contribution in [0.2, 0.25) is 0 Å². The van der Waals surface area contributed by atoms with E-state index < -0.39 is 6.17 Å². The molecule has 0 aromatic heterocycles. The van der Waals surface area contributed by atoms with Crippen molar-refractivity contribution in [3.8, 4) is 0 Å². The summed E-state index contributed by atoms with van der Waals surface area (Å²) in [6.45, 7) is 0.949. The molecule has 2 aliphatic rings. The smallest absolute Gasteiger partial charge is 0.102 e. The Labute approximate surface area is 157 Å². The van der Waals surface area contributed by atoms with Crippen molar-refractivity contribution in [3.63, 3.8) is 0 Å². The molecule has 138 valence electrons. The predicted octanol–water partition coefficient (Wildman–Crippen LogP) is 5.93. The van der Waals surface area contributed by atoms with Crippen molar-refractivity contribution in [1.82, 2.24) is 4.90 Å². The molecule has 0 bridgehead atoms. The van der Waals surface area contributed by atoms with Gasteiger partial charge in [-0.05, 0) is 56.1 Å². The van der Waals surface area contributed by atoms with Crippen molar-refractivity contribution in [1.29, 1.82) is 0 Å². The Morgan fingerprint density at radius 1 is 0.846 bits per heavy atom. The van der Waals surface area contributed by atoms with Crippen LogP contribution in [0, 0.1) is 0 Å². The average molecular weight is 352 g/mol. The lowest BCUT2D eigenvalue weighted by atomic mass is 9.71. The number of hydrogen-bond donors (Lipinski definition) is 0. The largest absolute Gasteiger partial charge is 0.290 e. The fourth-order valence-corrected chi connectivity index (χ4v) is 5.29. The maximum Gasteiger partial charge on any atom is 0.102 e. The molecule has 1 spiro atoms. The van der Waals surface area contributed by atoms with Crippen LogP contribution in [-0.2, 0) is 13.0 Å². The van der Waals surface area contributed by atoms with Gasteiger partial charge in [0.1, 0.15) is 6.17 Å². The molecule has 2 aromatic carbocycles. The summed E-state index contributed by atoms with van der Waals surface area (Å²) in [6, 6.07) is 22.1. The Balaban J connectivity index is 1.62. The molecule has 1 aliphatic heterocycles. The van der Waals surface area contributed by atoms with Gasteiger partial charge in [-0.2, -0.15) is 0 Å². The molecule has 2 aromatic rings. The standard InChI is InChI=1S/C24H30FN/c25-22-13-7-15-24(18-22)16-8-14-23(17-20-9-3-1-4-10-20)26(24)19-21-11-5-2-6-12-21/h1-6,9-12,22-23H,7-8,13-19H2. The third-order valence-corrected chi connectivity index (χ3v) is 6.50. The van der Waals surface area contributed by atoms with Gasteiger partial charge in [0, 0.05) is 18.1 Å². The molecule has 3 atom stereocenters. The third-order valence-electron chi connectivity index (χ3n) is 6.50. The van der Waals surface area contributed by atoms with Crippen LogP contribution in [0.4, 0.5) is 4.39 Å². The predicted molar refractivity (Wildman–Crippen MR) is 106 cm³/mol. The first kappa shape index (κ1) is 17.7. The lowest BCUT2D eigenvalue weighted by molar-refractivity contribution is -0.0504. The highest BCUT2D eigenvalue weighted by Crippen LogP contribution is 2.45. The van der Waals surface area contributed by atoms with Gasteiger partial charge in [0.15, 0.2) is 0 Å². The SMILES string of the molecule is FC1CCCC2(CCCC(Cc3ccccc3)N2Cc2ccccc2)C1. The van der Waals surface area contributed by atoms with Gasteiger partial charge in [0.2, 0.25) is 0 Å².